The van der Waals surface area contributed by atoms with Crippen LogP contribution < -0.4 is 0 Å². The summed E-state index contributed by atoms with van der Waals surface area (Å²) in [5.74, 6) is 2.20. The van der Waals surface area contributed by atoms with Gasteiger partial charge in [0.05, 0.1) is 10.9 Å². The van der Waals surface area contributed by atoms with E-state index in [2.05, 4.69) is 28.9 Å². The number of rotatable bonds is 4. The van der Waals surface area contributed by atoms with E-state index in [1.807, 2.05) is 17.5 Å². The highest BCUT2D eigenvalue weighted by molar-refractivity contribution is 7.13. The van der Waals surface area contributed by atoms with E-state index < -0.39 is 0 Å². The fraction of sp³-hybridized carbons (Fsp3) is 0.600. The first-order valence-corrected chi connectivity index (χ1v) is 8.27. The molecule has 2 aromatic heterocycles. The van der Waals surface area contributed by atoms with Gasteiger partial charge in [0.2, 0.25) is 5.89 Å². The molecule has 1 saturated heterocycles. The fourth-order valence-corrected chi connectivity index (χ4v) is 3.49. The van der Waals surface area contributed by atoms with Crippen molar-refractivity contribution in [2.45, 2.75) is 39.2 Å². The van der Waals surface area contributed by atoms with E-state index in [-0.39, 0.29) is 6.04 Å². The maximum absolute atomic E-state index is 5.86. The van der Waals surface area contributed by atoms with Crippen LogP contribution in [0.3, 0.4) is 0 Å². The first kappa shape index (κ1) is 13.8. The summed E-state index contributed by atoms with van der Waals surface area (Å²) in [6.07, 6.45) is 3.88. The van der Waals surface area contributed by atoms with Gasteiger partial charge >= 0.3 is 0 Å². The molecule has 2 aromatic rings. The van der Waals surface area contributed by atoms with Crippen LogP contribution in [0.25, 0.3) is 10.8 Å². The molecule has 3 heterocycles. The van der Waals surface area contributed by atoms with Gasteiger partial charge in [0, 0.05) is 6.54 Å². The van der Waals surface area contributed by atoms with Crippen LogP contribution in [0, 0.1) is 5.92 Å². The summed E-state index contributed by atoms with van der Waals surface area (Å²) in [4.78, 5) is 3.52. The Morgan fingerprint density at radius 1 is 1.50 bits per heavy atom. The lowest BCUT2D eigenvalue weighted by Gasteiger charge is -2.34. The zero-order valence-electron chi connectivity index (χ0n) is 12.1. The largest absolute Gasteiger partial charge is 0.418 e. The molecular formula is C15H21N3OS. The van der Waals surface area contributed by atoms with Gasteiger partial charge in [-0.2, -0.15) is 0 Å². The maximum atomic E-state index is 5.86. The third-order valence-corrected chi connectivity index (χ3v) is 5.06. The van der Waals surface area contributed by atoms with Crippen molar-refractivity contribution >= 4 is 11.3 Å². The Bertz CT molecular complexity index is 537. The first-order valence-electron chi connectivity index (χ1n) is 7.39. The number of hydrogen-bond acceptors (Lipinski definition) is 5. The van der Waals surface area contributed by atoms with Gasteiger partial charge in [-0.25, -0.2) is 0 Å². The summed E-state index contributed by atoms with van der Waals surface area (Å²) in [6.45, 7) is 6.73. The Hall–Kier alpha value is -1.20. The molecule has 4 nitrogen and oxygen atoms in total. The van der Waals surface area contributed by atoms with Gasteiger partial charge in [0.1, 0.15) is 0 Å². The quantitative estimate of drug-likeness (QED) is 0.854. The minimum atomic E-state index is 0.213. The molecule has 0 radical (unpaired) electrons. The van der Waals surface area contributed by atoms with Gasteiger partial charge in [0.15, 0.2) is 0 Å². The minimum absolute atomic E-state index is 0.213. The van der Waals surface area contributed by atoms with Crippen molar-refractivity contribution in [3.05, 3.63) is 23.4 Å². The molecule has 0 bridgehead atoms. The first-order chi connectivity index (χ1) is 9.78. The molecule has 108 valence electrons. The predicted octanol–water partition coefficient (Wildman–Crippen LogP) is 3.98. The molecule has 5 heteroatoms. The fourth-order valence-electron chi connectivity index (χ4n) is 2.84. The lowest BCUT2D eigenvalue weighted by Crippen LogP contribution is -2.37. The van der Waals surface area contributed by atoms with Gasteiger partial charge in [0.25, 0.3) is 5.89 Å². The second kappa shape index (κ2) is 6.06. The van der Waals surface area contributed by atoms with Crippen molar-refractivity contribution in [3.63, 3.8) is 0 Å². The minimum Gasteiger partial charge on any atom is -0.418 e. The SMILES string of the molecule is CC[C@@H]1CCCN([C@H](C)c2nnc(-c3cccs3)o2)C1. The van der Waals surface area contributed by atoms with Crippen molar-refractivity contribution in [1.29, 1.82) is 0 Å². The monoisotopic (exact) mass is 291 g/mol. The van der Waals surface area contributed by atoms with Crippen LogP contribution in [-0.4, -0.2) is 28.2 Å². The number of hydrogen-bond donors (Lipinski definition) is 0. The van der Waals surface area contributed by atoms with E-state index in [1.54, 1.807) is 11.3 Å². The highest BCUT2D eigenvalue weighted by Crippen LogP contribution is 2.30. The second-order valence-corrected chi connectivity index (χ2v) is 6.46. The van der Waals surface area contributed by atoms with E-state index in [0.29, 0.717) is 5.89 Å². The van der Waals surface area contributed by atoms with E-state index in [1.165, 1.54) is 19.3 Å². The molecule has 0 aromatic carbocycles. The Kier molecular flexibility index (Phi) is 4.17. The average Bonchev–Trinajstić information content (AvgIpc) is 3.17. The van der Waals surface area contributed by atoms with Crippen LogP contribution >= 0.6 is 11.3 Å². The van der Waals surface area contributed by atoms with Gasteiger partial charge in [-0.15, -0.1) is 21.5 Å². The lowest BCUT2D eigenvalue weighted by atomic mass is 9.95. The number of piperidine rings is 1. The van der Waals surface area contributed by atoms with Crippen molar-refractivity contribution in [3.8, 4) is 10.8 Å². The number of thiophene rings is 1. The normalized spacial score (nSPS) is 22.0. The molecule has 20 heavy (non-hydrogen) atoms. The highest BCUT2D eigenvalue weighted by atomic mass is 32.1. The molecule has 2 atom stereocenters. The van der Waals surface area contributed by atoms with Crippen LogP contribution in [0.2, 0.25) is 0 Å². The number of likely N-dealkylation sites (tertiary alicyclic amines) is 1. The van der Waals surface area contributed by atoms with Crippen molar-refractivity contribution < 1.29 is 4.42 Å². The van der Waals surface area contributed by atoms with Crippen LogP contribution in [0.5, 0.6) is 0 Å². The zero-order valence-corrected chi connectivity index (χ0v) is 12.9. The highest BCUT2D eigenvalue weighted by Gasteiger charge is 2.26. The molecule has 1 aliphatic heterocycles. The van der Waals surface area contributed by atoms with Crippen LogP contribution in [0.15, 0.2) is 21.9 Å². The molecule has 0 unspecified atom stereocenters. The van der Waals surface area contributed by atoms with Gasteiger partial charge in [-0.05, 0) is 43.7 Å². The summed E-state index contributed by atoms with van der Waals surface area (Å²) in [7, 11) is 0. The number of nitrogens with zero attached hydrogens (tertiary/aromatic N) is 3. The molecule has 0 saturated carbocycles. The Balaban J connectivity index is 1.72. The van der Waals surface area contributed by atoms with Crippen LogP contribution in [0.4, 0.5) is 0 Å². The molecule has 0 N–H and O–H groups in total. The maximum Gasteiger partial charge on any atom is 0.257 e. The molecule has 1 fully saturated rings. The van der Waals surface area contributed by atoms with E-state index in [4.69, 9.17) is 4.42 Å². The molecule has 3 rings (SSSR count). The van der Waals surface area contributed by atoms with Crippen LogP contribution in [-0.2, 0) is 0 Å². The number of aromatic nitrogens is 2. The van der Waals surface area contributed by atoms with Gasteiger partial charge in [-0.3, -0.25) is 4.90 Å². The molecular weight excluding hydrogens is 270 g/mol. The second-order valence-electron chi connectivity index (χ2n) is 5.51. The van der Waals surface area contributed by atoms with E-state index in [0.717, 1.165) is 29.8 Å². The van der Waals surface area contributed by atoms with Crippen molar-refractivity contribution in [2.75, 3.05) is 13.1 Å². The Morgan fingerprint density at radius 3 is 3.15 bits per heavy atom. The topological polar surface area (TPSA) is 42.2 Å². The van der Waals surface area contributed by atoms with Crippen LogP contribution in [0.1, 0.15) is 45.0 Å². The molecule has 1 aliphatic rings. The van der Waals surface area contributed by atoms with E-state index in [9.17, 15) is 0 Å². The standard InChI is InChI=1S/C15H21N3OS/c1-3-12-6-4-8-18(10-12)11(2)14-16-17-15(19-14)13-7-5-9-20-13/h5,7,9,11-12H,3-4,6,8,10H2,1-2H3/t11-,12-/m1/s1. The third-order valence-electron chi connectivity index (χ3n) is 4.21. The molecule has 0 aliphatic carbocycles. The van der Waals surface area contributed by atoms with Gasteiger partial charge in [-0.1, -0.05) is 19.4 Å². The van der Waals surface area contributed by atoms with Crippen molar-refractivity contribution in [1.82, 2.24) is 15.1 Å². The van der Waals surface area contributed by atoms with Gasteiger partial charge < -0.3 is 4.42 Å². The Morgan fingerprint density at radius 2 is 2.40 bits per heavy atom. The predicted molar refractivity (Wildman–Crippen MR) is 80.6 cm³/mol. The summed E-state index contributed by atoms with van der Waals surface area (Å²) in [5, 5.41) is 10.5. The third kappa shape index (κ3) is 2.79. The summed E-state index contributed by atoms with van der Waals surface area (Å²) < 4.78 is 5.86. The molecule has 0 spiro atoms. The smallest absolute Gasteiger partial charge is 0.257 e. The summed E-state index contributed by atoms with van der Waals surface area (Å²) >= 11 is 1.63. The summed E-state index contributed by atoms with van der Waals surface area (Å²) in [5.41, 5.74) is 0. The summed E-state index contributed by atoms with van der Waals surface area (Å²) in [6, 6.07) is 4.23. The zero-order chi connectivity index (χ0) is 13.9. The molecule has 0 amide bonds. The van der Waals surface area contributed by atoms with E-state index >= 15 is 0 Å². The van der Waals surface area contributed by atoms with Crippen molar-refractivity contribution in [2.24, 2.45) is 5.92 Å². The lowest BCUT2D eigenvalue weighted by molar-refractivity contribution is 0.114. The average molecular weight is 291 g/mol. The Labute approximate surface area is 123 Å².